The second-order valence-electron chi connectivity index (χ2n) is 11.5. The Balaban J connectivity index is 1.07. The second-order valence-corrected chi connectivity index (χ2v) is 12.4. The molecule has 0 saturated carbocycles. The summed E-state index contributed by atoms with van der Waals surface area (Å²) in [5.41, 5.74) is 6.10. The molecule has 2 aliphatic heterocycles. The van der Waals surface area contributed by atoms with Gasteiger partial charge in [0.05, 0.1) is 24.0 Å². The SMILES string of the molecule is Cc1ccc(-n2ncc3c(=O)n4c(nc32)SCC4CC(=O)N2CCN(C(c3ccccc3)c3ccccc3)CC2)c(C)c1. The van der Waals surface area contributed by atoms with Gasteiger partial charge in [-0.1, -0.05) is 90.1 Å². The largest absolute Gasteiger partial charge is 0.340 e. The van der Waals surface area contributed by atoms with Crippen LogP contribution in [0.5, 0.6) is 0 Å². The molecule has 2 aromatic heterocycles. The van der Waals surface area contributed by atoms with Gasteiger partial charge in [-0.25, -0.2) is 9.67 Å². The van der Waals surface area contributed by atoms with E-state index in [0.29, 0.717) is 41.5 Å². The van der Waals surface area contributed by atoms with Gasteiger partial charge in [-0.15, -0.1) is 0 Å². The van der Waals surface area contributed by atoms with Gasteiger partial charge in [0.1, 0.15) is 5.39 Å². The number of aromatic nitrogens is 4. The molecule has 1 atom stereocenters. The summed E-state index contributed by atoms with van der Waals surface area (Å²) in [6, 6.07) is 27.2. The average Bonchev–Trinajstić information content (AvgIpc) is 3.63. The predicted octanol–water partition coefficient (Wildman–Crippen LogP) is 5.17. The Morgan fingerprint density at radius 2 is 1.60 bits per heavy atom. The van der Waals surface area contributed by atoms with Crippen molar-refractivity contribution in [3.63, 3.8) is 0 Å². The van der Waals surface area contributed by atoms with Crippen molar-refractivity contribution in [1.82, 2.24) is 29.1 Å². The molecule has 1 saturated heterocycles. The third kappa shape index (κ3) is 5.17. The van der Waals surface area contributed by atoms with Gasteiger partial charge in [-0.2, -0.15) is 5.10 Å². The third-order valence-corrected chi connectivity index (χ3v) is 9.72. The number of rotatable bonds is 6. The third-order valence-electron chi connectivity index (χ3n) is 8.62. The van der Waals surface area contributed by atoms with Crippen molar-refractivity contribution < 1.29 is 4.79 Å². The van der Waals surface area contributed by atoms with Crippen LogP contribution in [-0.4, -0.2) is 67.0 Å². The maximum absolute atomic E-state index is 13.7. The molecule has 7 rings (SSSR count). The number of carbonyl (C=O) groups is 1. The lowest BCUT2D eigenvalue weighted by Gasteiger charge is -2.40. The number of hydrogen-bond acceptors (Lipinski definition) is 6. The van der Waals surface area contributed by atoms with Gasteiger partial charge in [-0.3, -0.25) is 19.1 Å². The molecular formula is C34H34N6O2S. The van der Waals surface area contributed by atoms with Crippen LogP contribution in [0, 0.1) is 13.8 Å². The number of aryl methyl sites for hydroxylation is 2. The second kappa shape index (κ2) is 11.5. The van der Waals surface area contributed by atoms with E-state index in [-0.39, 0.29) is 23.6 Å². The van der Waals surface area contributed by atoms with Crippen molar-refractivity contribution in [2.45, 2.75) is 37.5 Å². The maximum Gasteiger partial charge on any atom is 0.265 e. The number of carbonyl (C=O) groups excluding carboxylic acids is 1. The average molecular weight is 591 g/mol. The summed E-state index contributed by atoms with van der Waals surface area (Å²) >= 11 is 1.54. The first kappa shape index (κ1) is 27.6. The summed E-state index contributed by atoms with van der Waals surface area (Å²) in [6.45, 7) is 6.99. The number of amides is 1. The minimum atomic E-state index is -0.222. The molecule has 3 aromatic carbocycles. The number of benzene rings is 3. The fourth-order valence-electron chi connectivity index (χ4n) is 6.45. The van der Waals surface area contributed by atoms with E-state index in [1.165, 1.54) is 28.5 Å². The fraction of sp³-hybridized carbons (Fsp3) is 0.294. The molecule has 0 spiro atoms. The molecule has 4 heterocycles. The molecule has 5 aromatic rings. The van der Waals surface area contributed by atoms with E-state index in [2.05, 4.69) is 71.5 Å². The van der Waals surface area contributed by atoms with Crippen LogP contribution in [-0.2, 0) is 4.79 Å². The zero-order chi connectivity index (χ0) is 29.5. The molecule has 43 heavy (non-hydrogen) atoms. The van der Waals surface area contributed by atoms with Crippen molar-refractivity contribution in [3.8, 4) is 5.69 Å². The Bertz CT molecular complexity index is 1800. The van der Waals surface area contributed by atoms with E-state index in [0.717, 1.165) is 24.3 Å². The topological polar surface area (TPSA) is 76.3 Å². The molecule has 1 unspecified atom stereocenters. The first-order valence-electron chi connectivity index (χ1n) is 14.8. The molecule has 0 N–H and O–H groups in total. The predicted molar refractivity (Wildman–Crippen MR) is 170 cm³/mol. The first-order valence-corrected chi connectivity index (χ1v) is 15.8. The van der Waals surface area contributed by atoms with Crippen molar-refractivity contribution in [3.05, 3.63) is 118 Å². The van der Waals surface area contributed by atoms with Crippen LogP contribution in [0.1, 0.15) is 40.8 Å². The summed E-state index contributed by atoms with van der Waals surface area (Å²) < 4.78 is 3.47. The summed E-state index contributed by atoms with van der Waals surface area (Å²) in [5, 5.41) is 5.66. The quantitative estimate of drug-likeness (QED) is 0.254. The van der Waals surface area contributed by atoms with Gasteiger partial charge >= 0.3 is 0 Å². The Labute approximate surface area is 255 Å². The maximum atomic E-state index is 13.7. The van der Waals surface area contributed by atoms with E-state index in [1.807, 2.05) is 36.1 Å². The van der Waals surface area contributed by atoms with Crippen molar-refractivity contribution >= 4 is 28.7 Å². The van der Waals surface area contributed by atoms with Crippen LogP contribution in [0.3, 0.4) is 0 Å². The molecule has 1 amide bonds. The number of piperazine rings is 1. The highest BCUT2D eigenvalue weighted by atomic mass is 32.2. The number of nitrogens with zero attached hydrogens (tertiary/aromatic N) is 6. The van der Waals surface area contributed by atoms with E-state index in [4.69, 9.17) is 4.98 Å². The Kier molecular flexibility index (Phi) is 7.36. The molecule has 8 nitrogen and oxygen atoms in total. The molecular weight excluding hydrogens is 556 g/mol. The molecule has 1 fully saturated rings. The highest BCUT2D eigenvalue weighted by Crippen LogP contribution is 2.35. The molecule has 9 heteroatoms. The lowest BCUT2D eigenvalue weighted by Crippen LogP contribution is -2.50. The van der Waals surface area contributed by atoms with Crippen LogP contribution in [0.2, 0.25) is 0 Å². The standard InChI is InChI=1S/C34H34N6O2S/c1-23-13-14-29(24(2)19-23)40-32-28(21-35-40)33(42)39-27(22-43-34(39)36-32)20-30(41)37-15-17-38(18-16-37)31(25-9-5-3-6-10-25)26-11-7-4-8-12-26/h3-14,19,21,27,31H,15-18,20,22H2,1-2H3. The normalized spacial score (nSPS) is 17.1. The highest BCUT2D eigenvalue weighted by Gasteiger charge is 2.33. The summed E-state index contributed by atoms with van der Waals surface area (Å²) in [6.07, 6.45) is 1.90. The fourth-order valence-corrected chi connectivity index (χ4v) is 7.58. The molecule has 0 aliphatic carbocycles. The van der Waals surface area contributed by atoms with Gasteiger partial charge in [0, 0.05) is 38.4 Å². The number of fused-ring (bicyclic) bond motifs is 2. The first-order chi connectivity index (χ1) is 21.0. The van der Waals surface area contributed by atoms with Gasteiger partial charge < -0.3 is 4.90 Å². The van der Waals surface area contributed by atoms with Crippen LogP contribution < -0.4 is 5.56 Å². The van der Waals surface area contributed by atoms with Gasteiger partial charge in [0.2, 0.25) is 5.91 Å². The van der Waals surface area contributed by atoms with Crippen molar-refractivity contribution in [2.24, 2.45) is 0 Å². The van der Waals surface area contributed by atoms with Gasteiger partial charge in [0.25, 0.3) is 5.56 Å². The minimum Gasteiger partial charge on any atom is -0.340 e. The van der Waals surface area contributed by atoms with Crippen LogP contribution >= 0.6 is 11.8 Å². The highest BCUT2D eigenvalue weighted by molar-refractivity contribution is 7.99. The van der Waals surface area contributed by atoms with Crippen molar-refractivity contribution in [2.75, 3.05) is 31.9 Å². The Morgan fingerprint density at radius 3 is 2.26 bits per heavy atom. The minimum absolute atomic E-state index is 0.0899. The monoisotopic (exact) mass is 590 g/mol. The van der Waals surface area contributed by atoms with Crippen LogP contribution in [0.25, 0.3) is 16.7 Å². The zero-order valence-corrected chi connectivity index (χ0v) is 25.2. The molecule has 2 aliphatic rings. The van der Waals surface area contributed by atoms with E-state index >= 15 is 0 Å². The van der Waals surface area contributed by atoms with E-state index < -0.39 is 0 Å². The molecule has 218 valence electrons. The van der Waals surface area contributed by atoms with E-state index in [9.17, 15) is 9.59 Å². The molecule has 0 bridgehead atoms. The number of thioether (sulfide) groups is 1. The summed E-state index contributed by atoms with van der Waals surface area (Å²) in [5.74, 6) is 0.744. The van der Waals surface area contributed by atoms with Crippen LogP contribution in [0.15, 0.2) is 95.0 Å². The number of hydrogen-bond donors (Lipinski definition) is 0. The Hall–Kier alpha value is -4.21. The molecule has 0 radical (unpaired) electrons. The zero-order valence-electron chi connectivity index (χ0n) is 24.4. The smallest absolute Gasteiger partial charge is 0.265 e. The summed E-state index contributed by atoms with van der Waals surface area (Å²) in [7, 11) is 0. The van der Waals surface area contributed by atoms with Crippen LogP contribution in [0.4, 0.5) is 0 Å². The van der Waals surface area contributed by atoms with Gasteiger partial charge in [-0.05, 0) is 36.6 Å². The lowest BCUT2D eigenvalue weighted by atomic mass is 9.96. The van der Waals surface area contributed by atoms with Crippen molar-refractivity contribution in [1.29, 1.82) is 0 Å². The van der Waals surface area contributed by atoms with E-state index in [1.54, 1.807) is 15.4 Å². The van der Waals surface area contributed by atoms with Gasteiger partial charge in [0.15, 0.2) is 10.8 Å². The summed E-state index contributed by atoms with van der Waals surface area (Å²) in [4.78, 5) is 36.5. The lowest BCUT2D eigenvalue weighted by molar-refractivity contribution is -0.133. The Morgan fingerprint density at radius 1 is 0.930 bits per heavy atom.